The van der Waals surface area contributed by atoms with Gasteiger partial charge < -0.3 is 5.11 Å². The van der Waals surface area contributed by atoms with Gasteiger partial charge in [0.05, 0.1) is 33.6 Å². The van der Waals surface area contributed by atoms with E-state index in [1.165, 1.54) is 12.1 Å². The highest BCUT2D eigenvalue weighted by atomic mass is 35.5. The van der Waals surface area contributed by atoms with Crippen LogP contribution in [0, 0.1) is 20.2 Å². The van der Waals surface area contributed by atoms with Gasteiger partial charge in [0.2, 0.25) is 5.91 Å². The van der Waals surface area contributed by atoms with Crippen LogP contribution in [0.1, 0.15) is 11.1 Å². The van der Waals surface area contributed by atoms with Gasteiger partial charge in [0.25, 0.3) is 11.4 Å². The Hall–Kier alpha value is -3.24. The monoisotopic (exact) mass is 412 g/mol. The number of rotatable bonds is 6. The lowest BCUT2D eigenvalue weighted by molar-refractivity contribution is -0.394. The fourth-order valence-electron chi connectivity index (χ4n) is 2.06. The van der Waals surface area contributed by atoms with Crippen LogP contribution in [0.5, 0.6) is 5.75 Å². The minimum absolute atomic E-state index is 0.00298. The van der Waals surface area contributed by atoms with Gasteiger partial charge in [-0.15, -0.1) is 0 Å². The van der Waals surface area contributed by atoms with Crippen molar-refractivity contribution in [3.8, 4) is 5.75 Å². The number of amides is 1. The molecule has 0 aliphatic rings. The second kappa shape index (κ2) is 8.43. The van der Waals surface area contributed by atoms with Crippen molar-refractivity contribution < 1.29 is 19.7 Å². The molecule has 0 aliphatic heterocycles. The van der Waals surface area contributed by atoms with Crippen LogP contribution in [-0.4, -0.2) is 27.1 Å². The molecule has 0 unspecified atom stereocenters. The lowest BCUT2D eigenvalue weighted by Crippen LogP contribution is -2.20. The van der Waals surface area contributed by atoms with Crippen LogP contribution in [0.4, 0.5) is 11.4 Å². The molecule has 0 radical (unpaired) electrons. The summed E-state index contributed by atoms with van der Waals surface area (Å²) in [5.74, 6) is -0.999. The summed E-state index contributed by atoms with van der Waals surface area (Å²) < 4.78 is 0. The predicted octanol–water partition coefficient (Wildman–Crippen LogP) is 3.21. The predicted molar refractivity (Wildman–Crippen MR) is 97.3 cm³/mol. The Morgan fingerprint density at radius 2 is 1.89 bits per heavy atom. The number of nitro benzene ring substituents is 2. The molecule has 27 heavy (non-hydrogen) atoms. The number of aromatic hydroxyl groups is 1. The molecule has 0 aliphatic carbocycles. The number of hydrazone groups is 1. The van der Waals surface area contributed by atoms with E-state index in [0.717, 1.165) is 24.4 Å². The van der Waals surface area contributed by atoms with Gasteiger partial charge in [-0.05, 0) is 18.2 Å². The zero-order chi connectivity index (χ0) is 20.1. The molecular formula is C15H10Cl2N4O6. The lowest BCUT2D eigenvalue weighted by atomic mass is 10.1. The molecule has 0 aromatic heterocycles. The molecule has 12 heteroatoms. The molecule has 140 valence electrons. The quantitative estimate of drug-likeness (QED) is 0.422. The van der Waals surface area contributed by atoms with Crippen molar-refractivity contribution in [2.45, 2.75) is 6.42 Å². The van der Waals surface area contributed by atoms with Gasteiger partial charge in [-0.25, -0.2) is 5.43 Å². The molecule has 0 fully saturated rings. The molecule has 0 spiro atoms. The van der Waals surface area contributed by atoms with Crippen molar-refractivity contribution in [1.29, 1.82) is 0 Å². The molecular weight excluding hydrogens is 403 g/mol. The number of nitro groups is 2. The van der Waals surface area contributed by atoms with Gasteiger partial charge in [0.1, 0.15) is 5.75 Å². The molecule has 0 heterocycles. The Morgan fingerprint density at radius 3 is 2.52 bits per heavy atom. The number of carbonyl (C=O) groups excluding carboxylic acids is 1. The van der Waals surface area contributed by atoms with Crippen LogP contribution in [0.25, 0.3) is 0 Å². The zero-order valence-electron chi connectivity index (χ0n) is 13.3. The third kappa shape index (κ3) is 5.12. The van der Waals surface area contributed by atoms with Crippen LogP contribution in [-0.2, 0) is 11.2 Å². The average Bonchev–Trinajstić information content (AvgIpc) is 2.58. The first-order chi connectivity index (χ1) is 12.7. The number of halogens is 2. The molecule has 2 N–H and O–H groups in total. The average molecular weight is 413 g/mol. The lowest BCUT2D eigenvalue weighted by Gasteiger charge is -2.04. The third-order valence-electron chi connectivity index (χ3n) is 3.28. The highest BCUT2D eigenvalue weighted by molar-refractivity contribution is 6.36. The van der Waals surface area contributed by atoms with E-state index in [0.29, 0.717) is 0 Å². The van der Waals surface area contributed by atoms with E-state index >= 15 is 0 Å². The summed E-state index contributed by atoms with van der Waals surface area (Å²) in [6.45, 7) is 0. The minimum Gasteiger partial charge on any atom is -0.506 e. The van der Waals surface area contributed by atoms with Gasteiger partial charge in [0.15, 0.2) is 0 Å². The van der Waals surface area contributed by atoms with Crippen LogP contribution >= 0.6 is 23.2 Å². The number of phenolic OH excluding ortho intramolecular Hbond substituents is 1. The Morgan fingerprint density at radius 1 is 1.19 bits per heavy atom. The Kier molecular flexibility index (Phi) is 6.27. The number of hydrogen-bond acceptors (Lipinski definition) is 7. The summed E-state index contributed by atoms with van der Waals surface area (Å²) in [6.07, 6.45) is 0.656. The topological polar surface area (TPSA) is 148 Å². The fraction of sp³-hybridized carbons (Fsp3) is 0.0667. The Labute approximate surface area is 161 Å². The molecule has 2 rings (SSSR count). The van der Waals surface area contributed by atoms with Crippen LogP contribution in [0.15, 0.2) is 35.4 Å². The van der Waals surface area contributed by atoms with E-state index in [-0.39, 0.29) is 26.9 Å². The summed E-state index contributed by atoms with van der Waals surface area (Å²) in [5, 5.41) is 35.4. The van der Waals surface area contributed by atoms with E-state index in [1.54, 1.807) is 0 Å². The number of nitrogens with one attached hydrogen (secondary N) is 1. The molecule has 0 atom stereocenters. The summed E-state index contributed by atoms with van der Waals surface area (Å²) in [5.41, 5.74) is 1.24. The number of hydrogen-bond donors (Lipinski definition) is 2. The maximum Gasteiger partial charge on any atom is 0.279 e. The van der Waals surface area contributed by atoms with Crippen LogP contribution in [0.2, 0.25) is 10.0 Å². The van der Waals surface area contributed by atoms with Crippen molar-refractivity contribution in [1.82, 2.24) is 5.43 Å². The molecule has 2 aromatic carbocycles. The smallest absolute Gasteiger partial charge is 0.279 e. The first kappa shape index (κ1) is 20.1. The third-order valence-corrected chi connectivity index (χ3v) is 3.78. The molecule has 2 aromatic rings. The maximum absolute atomic E-state index is 11.9. The number of carbonyl (C=O) groups is 1. The zero-order valence-corrected chi connectivity index (χ0v) is 14.8. The van der Waals surface area contributed by atoms with Crippen molar-refractivity contribution in [2.24, 2.45) is 5.10 Å². The summed E-state index contributed by atoms with van der Waals surface area (Å²) >= 11 is 11.6. The van der Waals surface area contributed by atoms with E-state index in [4.69, 9.17) is 23.2 Å². The van der Waals surface area contributed by atoms with E-state index < -0.39 is 33.5 Å². The first-order valence-electron chi connectivity index (χ1n) is 7.10. The normalized spacial score (nSPS) is 10.7. The van der Waals surface area contributed by atoms with Crippen molar-refractivity contribution in [2.75, 3.05) is 0 Å². The first-order valence-corrected chi connectivity index (χ1v) is 7.86. The molecule has 1 amide bonds. The van der Waals surface area contributed by atoms with E-state index in [1.807, 2.05) is 0 Å². The number of benzene rings is 2. The molecule has 0 saturated carbocycles. The minimum atomic E-state index is -0.815. The highest BCUT2D eigenvalue weighted by Crippen LogP contribution is 2.30. The maximum atomic E-state index is 11.9. The van der Waals surface area contributed by atoms with Gasteiger partial charge in [0, 0.05) is 22.2 Å². The number of non-ortho nitro benzene ring substituents is 1. The summed E-state index contributed by atoms with van der Waals surface area (Å²) in [7, 11) is 0. The second-order valence-corrected chi connectivity index (χ2v) is 5.97. The standard InChI is InChI=1S/C15H10Cl2N4O6/c16-10-3-9(15(23)12(17)5-10)7-18-19-14(22)4-8-1-2-11(20(24)25)6-13(8)21(26)27/h1-3,5-7,23H,4H2,(H,19,22)/b18-7+. The number of nitrogens with zero attached hydrogens (tertiary/aromatic N) is 3. The van der Waals surface area contributed by atoms with E-state index in [9.17, 15) is 30.1 Å². The SMILES string of the molecule is O=C(Cc1ccc([N+](=O)[O-])cc1[N+](=O)[O-])N/N=C/c1cc(Cl)cc(Cl)c1O. The molecule has 0 saturated heterocycles. The van der Waals surface area contributed by atoms with E-state index in [2.05, 4.69) is 10.5 Å². The van der Waals surface area contributed by atoms with Gasteiger partial charge in [-0.2, -0.15) is 5.10 Å². The largest absolute Gasteiger partial charge is 0.506 e. The van der Waals surface area contributed by atoms with Crippen molar-refractivity contribution in [3.63, 3.8) is 0 Å². The van der Waals surface area contributed by atoms with Crippen molar-refractivity contribution >= 4 is 46.7 Å². The van der Waals surface area contributed by atoms with Crippen LogP contribution < -0.4 is 5.43 Å². The van der Waals surface area contributed by atoms with Gasteiger partial charge in [-0.3, -0.25) is 25.0 Å². The molecule has 0 bridgehead atoms. The van der Waals surface area contributed by atoms with Crippen LogP contribution in [0.3, 0.4) is 0 Å². The molecule has 10 nitrogen and oxygen atoms in total. The summed E-state index contributed by atoms with van der Waals surface area (Å²) in [4.78, 5) is 32.1. The second-order valence-electron chi connectivity index (χ2n) is 5.12. The summed E-state index contributed by atoms with van der Waals surface area (Å²) in [6, 6.07) is 5.65. The number of phenols is 1. The Bertz CT molecular complexity index is 964. The Balaban J connectivity index is 2.12. The highest BCUT2D eigenvalue weighted by Gasteiger charge is 2.21. The van der Waals surface area contributed by atoms with Gasteiger partial charge >= 0.3 is 0 Å². The van der Waals surface area contributed by atoms with Crippen molar-refractivity contribution in [3.05, 3.63) is 71.7 Å². The fourth-order valence-corrected chi connectivity index (χ4v) is 2.57. The van der Waals surface area contributed by atoms with Gasteiger partial charge in [-0.1, -0.05) is 23.2 Å².